The molecular formula is C13H17NOS. The molecule has 0 radical (unpaired) electrons. The summed E-state index contributed by atoms with van der Waals surface area (Å²) in [5.74, 6) is 1.35. The first kappa shape index (κ1) is 11.4. The largest absolute Gasteiger partial charge is 0.506 e. The smallest absolute Gasteiger partial charge is 0.139 e. The molecule has 0 unspecified atom stereocenters. The number of phenols is 1. The molecule has 0 atom stereocenters. The van der Waals surface area contributed by atoms with E-state index in [4.69, 9.17) is 0 Å². The molecule has 0 aliphatic heterocycles. The first-order chi connectivity index (χ1) is 7.59. The number of aryl methyl sites for hydroxylation is 1. The van der Waals surface area contributed by atoms with Crippen LogP contribution in [0.15, 0.2) is 24.3 Å². The van der Waals surface area contributed by atoms with Crippen LogP contribution in [0.4, 0.5) is 0 Å². The average Bonchev–Trinajstić information content (AvgIpc) is 2.54. The summed E-state index contributed by atoms with van der Waals surface area (Å²) in [6, 6.07) is 7.82. The van der Waals surface area contributed by atoms with Crippen LogP contribution in [0, 0.1) is 0 Å². The molecule has 0 saturated carbocycles. The Bertz CT molecular complexity index is 502. The Kier molecular flexibility index (Phi) is 3.15. The van der Waals surface area contributed by atoms with Gasteiger partial charge < -0.3 is 9.67 Å². The van der Waals surface area contributed by atoms with E-state index in [1.807, 2.05) is 30.9 Å². The van der Waals surface area contributed by atoms with E-state index in [0.717, 1.165) is 16.7 Å². The molecule has 0 aliphatic rings. The summed E-state index contributed by atoms with van der Waals surface area (Å²) in [6.07, 6.45) is 0. The molecule has 2 rings (SSSR count). The summed E-state index contributed by atoms with van der Waals surface area (Å²) in [5.41, 5.74) is 2.19. The Morgan fingerprint density at radius 3 is 2.75 bits per heavy atom. The van der Waals surface area contributed by atoms with Crippen molar-refractivity contribution in [3.8, 4) is 5.75 Å². The maximum absolute atomic E-state index is 9.82. The fourth-order valence-corrected chi connectivity index (χ4v) is 2.62. The second-order valence-corrected chi connectivity index (χ2v) is 5.83. The van der Waals surface area contributed by atoms with Gasteiger partial charge in [0.15, 0.2) is 0 Å². The Morgan fingerprint density at radius 1 is 1.38 bits per heavy atom. The number of hydrogen-bond donors (Lipinski definition) is 1. The van der Waals surface area contributed by atoms with Gasteiger partial charge in [0.2, 0.25) is 0 Å². The van der Waals surface area contributed by atoms with Crippen LogP contribution in [-0.2, 0) is 12.8 Å². The van der Waals surface area contributed by atoms with E-state index in [1.165, 1.54) is 5.69 Å². The number of rotatable bonds is 3. The van der Waals surface area contributed by atoms with Crippen molar-refractivity contribution in [1.29, 1.82) is 0 Å². The highest BCUT2D eigenvalue weighted by Crippen LogP contribution is 2.29. The second kappa shape index (κ2) is 4.42. The van der Waals surface area contributed by atoms with Crippen LogP contribution in [-0.4, -0.2) is 14.9 Å². The molecule has 0 amide bonds. The van der Waals surface area contributed by atoms with Crippen LogP contribution in [0.1, 0.15) is 19.5 Å². The highest BCUT2D eigenvalue weighted by Gasteiger charge is 2.09. The Labute approximate surface area is 100 Å². The van der Waals surface area contributed by atoms with Gasteiger partial charge in [0.1, 0.15) is 5.75 Å². The van der Waals surface area contributed by atoms with Gasteiger partial charge in [-0.25, -0.2) is 0 Å². The van der Waals surface area contributed by atoms with E-state index in [-0.39, 0.29) is 0 Å². The summed E-state index contributed by atoms with van der Waals surface area (Å²) in [5, 5.41) is 11.6. The molecule has 0 spiro atoms. The Balaban J connectivity index is 2.40. The molecule has 16 heavy (non-hydrogen) atoms. The predicted octanol–water partition coefficient (Wildman–Crippen LogP) is 3.53. The molecule has 1 aromatic heterocycles. The van der Waals surface area contributed by atoms with Crippen molar-refractivity contribution in [2.75, 3.05) is 0 Å². The van der Waals surface area contributed by atoms with Gasteiger partial charge in [0.25, 0.3) is 0 Å². The van der Waals surface area contributed by atoms with Crippen molar-refractivity contribution in [2.45, 2.75) is 24.9 Å². The van der Waals surface area contributed by atoms with Crippen molar-refractivity contribution in [1.82, 2.24) is 4.57 Å². The lowest BCUT2D eigenvalue weighted by atomic mass is 10.2. The second-order valence-electron chi connectivity index (χ2n) is 4.27. The summed E-state index contributed by atoms with van der Waals surface area (Å²) in [4.78, 5) is 0. The van der Waals surface area contributed by atoms with Crippen LogP contribution in [0.25, 0.3) is 10.9 Å². The van der Waals surface area contributed by atoms with Crippen molar-refractivity contribution in [3.63, 3.8) is 0 Å². The molecule has 0 bridgehead atoms. The molecule has 0 aliphatic carbocycles. The van der Waals surface area contributed by atoms with Gasteiger partial charge >= 0.3 is 0 Å². The number of fused-ring (bicyclic) bond motifs is 1. The van der Waals surface area contributed by atoms with Crippen LogP contribution in [0.5, 0.6) is 5.75 Å². The lowest BCUT2D eigenvalue weighted by molar-refractivity contribution is 0.478. The first-order valence-corrected chi connectivity index (χ1v) is 6.52. The van der Waals surface area contributed by atoms with E-state index in [0.29, 0.717) is 11.0 Å². The molecule has 1 heterocycles. The first-order valence-electron chi connectivity index (χ1n) is 5.47. The normalized spacial score (nSPS) is 11.5. The zero-order chi connectivity index (χ0) is 11.7. The molecule has 1 aromatic carbocycles. The third-order valence-electron chi connectivity index (χ3n) is 2.70. The number of hydrogen-bond acceptors (Lipinski definition) is 2. The Morgan fingerprint density at radius 2 is 2.12 bits per heavy atom. The molecule has 86 valence electrons. The van der Waals surface area contributed by atoms with E-state index >= 15 is 0 Å². The standard InChI is InChI=1S/C13H17NOS/c1-9(2)16-8-11-7-10-5-4-6-12(15)13(10)14(11)3/h4-7,9,15H,8H2,1-3H3. The number of aromatic nitrogens is 1. The van der Waals surface area contributed by atoms with Crippen LogP contribution in [0.2, 0.25) is 0 Å². The van der Waals surface area contributed by atoms with Gasteiger partial charge in [-0.05, 0) is 17.4 Å². The topological polar surface area (TPSA) is 25.2 Å². The fraction of sp³-hybridized carbons (Fsp3) is 0.385. The minimum Gasteiger partial charge on any atom is -0.506 e. The van der Waals surface area contributed by atoms with Crippen molar-refractivity contribution >= 4 is 22.7 Å². The van der Waals surface area contributed by atoms with E-state index in [9.17, 15) is 5.11 Å². The summed E-state index contributed by atoms with van der Waals surface area (Å²) < 4.78 is 2.08. The molecule has 0 saturated heterocycles. The lowest BCUT2D eigenvalue weighted by Crippen LogP contribution is -1.96. The highest BCUT2D eigenvalue weighted by atomic mass is 32.2. The van der Waals surface area contributed by atoms with Crippen LogP contribution < -0.4 is 0 Å². The highest BCUT2D eigenvalue weighted by molar-refractivity contribution is 7.99. The van der Waals surface area contributed by atoms with E-state index in [2.05, 4.69) is 24.5 Å². The number of phenolic OH excluding ortho intramolecular Hbond substituents is 1. The van der Waals surface area contributed by atoms with Crippen molar-refractivity contribution in [3.05, 3.63) is 30.0 Å². The number of nitrogens with zero attached hydrogens (tertiary/aromatic N) is 1. The van der Waals surface area contributed by atoms with Gasteiger partial charge in [-0.1, -0.05) is 26.0 Å². The lowest BCUT2D eigenvalue weighted by Gasteiger charge is -2.06. The van der Waals surface area contributed by atoms with E-state index in [1.54, 1.807) is 6.07 Å². The van der Waals surface area contributed by atoms with Gasteiger partial charge in [-0.15, -0.1) is 0 Å². The number of thioether (sulfide) groups is 1. The number of para-hydroxylation sites is 1. The van der Waals surface area contributed by atoms with Crippen molar-refractivity contribution in [2.24, 2.45) is 7.05 Å². The zero-order valence-electron chi connectivity index (χ0n) is 9.90. The molecule has 1 N–H and O–H groups in total. The third-order valence-corrected chi connectivity index (χ3v) is 3.83. The van der Waals surface area contributed by atoms with Gasteiger partial charge in [0, 0.05) is 23.9 Å². The van der Waals surface area contributed by atoms with Crippen molar-refractivity contribution < 1.29 is 5.11 Å². The molecule has 2 nitrogen and oxygen atoms in total. The summed E-state index contributed by atoms with van der Waals surface area (Å²) >= 11 is 1.92. The minimum absolute atomic E-state index is 0.362. The van der Waals surface area contributed by atoms with Crippen LogP contribution in [0.3, 0.4) is 0 Å². The molecule has 3 heteroatoms. The maximum Gasteiger partial charge on any atom is 0.139 e. The van der Waals surface area contributed by atoms with Gasteiger partial charge in [-0.3, -0.25) is 0 Å². The Hall–Kier alpha value is -1.09. The maximum atomic E-state index is 9.82. The monoisotopic (exact) mass is 235 g/mol. The van der Waals surface area contributed by atoms with Gasteiger partial charge in [0.05, 0.1) is 5.52 Å². The zero-order valence-corrected chi connectivity index (χ0v) is 10.7. The molecule has 0 fully saturated rings. The fourth-order valence-electron chi connectivity index (χ4n) is 1.84. The number of aromatic hydroxyl groups is 1. The molecular weight excluding hydrogens is 218 g/mol. The number of benzene rings is 1. The van der Waals surface area contributed by atoms with Crippen LogP contribution >= 0.6 is 11.8 Å². The summed E-state index contributed by atoms with van der Waals surface area (Å²) in [7, 11) is 2.01. The minimum atomic E-state index is 0.362. The predicted molar refractivity (Wildman–Crippen MR) is 71.0 cm³/mol. The summed E-state index contributed by atoms with van der Waals surface area (Å²) in [6.45, 7) is 4.40. The van der Waals surface area contributed by atoms with E-state index < -0.39 is 0 Å². The third kappa shape index (κ3) is 2.05. The quantitative estimate of drug-likeness (QED) is 0.880. The molecule has 2 aromatic rings. The SMILES string of the molecule is CC(C)SCc1cc2cccc(O)c2n1C. The average molecular weight is 235 g/mol. The van der Waals surface area contributed by atoms with Gasteiger partial charge in [-0.2, -0.15) is 11.8 Å².